The van der Waals surface area contributed by atoms with Gasteiger partial charge in [-0.3, -0.25) is 4.90 Å². The van der Waals surface area contributed by atoms with E-state index in [0.717, 1.165) is 32.2 Å². The number of hydrogen-bond donors (Lipinski definition) is 0. The van der Waals surface area contributed by atoms with Gasteiger partial charge in [0, 0.05) is 32.2 Å². The van der Waals surface area contributed by atoms with Crippen molar-refractivity contribution in [3.63, 3.8) is 0 Å². The Morgan fingerprint density at radius 2 is 1.74 bits per heavy atom. The van der Waals surface area contributed by atoms with Crippen molar-refractivity contribution in [2.75, 3.05) is 46.4 Å². The number of hydrogen-bond acceptors (Lipinski definition) is 3. The SMILES string of the molecule is CC(CN(C)CC1CCCCCC1)N1CCOCC1. The molecule has 0 spiro atoms. The molecule has 0 aromatic rings. The number of nitrogens with zero attached hydrogens (tertiary/aromatic N) is 2. The molecule has 2 aliphatic rings. The van der Waals surface area contributed by atoms with Gasteiger partial charge in [0.2, 0.25) is 0 Å². The first-order chi connectivity index (χ1) is 9.25. The molecule has 2 rings (SSSR count). The van der Waals surface area contributed by atoms with Crippen molar-refractivity contribution < 1.29 is 4.74 Å². The fraction of sp³-hybridized carbons (Fsp3) is 1.00. The topological polar surface area (TPSA) is 15.7 Å². The van der Waals surface area contributed by atoms with Crippen LogP contribution >= 0.6 is 0 Å². The number of morpholine rings is 1. The Bertz CT molecular complexity index is 233. The predicted molar refractivity (Wildman–Crippen MR) is 80.5 cm³/mol. The molecule has 2 fully saturated rings. The van der Waals surface area contributed by atoms with Crippen molar-refractivity contribution in [1.29, 1.82) is 0 Å². The first-order valence-electron chi connectivity index (χ1n) is 8.26. The number of likely N-dealkylation sites (N-methyl/N-ethyl adjacent to an activating group) is 1. The Hall–Kier alpha value is -0.120. The van der Waals surface area contributed by atoms with Gasteiger partial charge >= 0.3 is 0 Å². The molecule has 1 saturated carbocycles. The maximum absolute atomic E-state index is 5.43. The Labute approximate surface area is 119 Å². The maximum Gasteiger partial charge on any atom is 0.0594 e. The summed E-state index contributed by atoms with van der Waals surface area (Å²) in [6.07, 6.45) is 8.75. The monoisotopic (exact) mass is 268 g/mol. The highest BCUT2D eigenvalue weighted by atomic mass is 16.5. The molecule has 3 heteroatoms. The smallest absolute Gasteiger partial charge is 0.0594 e. The van der Waals surface area contributed by atoms with E-state index in [0.29, 0.717) is 6.04 Å². The van der Waals surface area contributed by atoms with Crippen LogP contribution in [0.1, 0.15) is 45.4 Å². The third-order valence-corrected chi connectivity index (χ3v) is 4.79. The van der Waals surface area contributed by atoms with E-state index in [1.165, 1.54) is 51.6 Å². The van der Waals surface area contributed by atoms with Gasteiger partial charge in [0.05, 0.1) is 13.2 Å². The summed E-state index contributed by atoms with van der Waals surface area (Å²) >= 11 is 0. The predicted octanol–water partition coefficient (Wildman–Crippen LogP) is 2.61. The van der Waals surface area contributed by atoms with E-state index in [1.54, 1.807) is 0 Å². The van der Waals surface area contributed by atoms with Gasteiger partial charge in [-0.15, -0.1) is 0 Å². The molecule has 0 aromatic heterocycles. The summed E-state index contributed by atoms with van der Waals surface area (Å²) in [4.78, 5) is 5.14. The van der Waals surface area contributed by atoms with Crippen molar-refractivity contribution in [3.8, 4) is 0 Å². The summed E-state index contributed by atoms with van der Waals surface area (Å²) in [6.45, 7) is 8.92. The van der Waals surface area contributed by atoms with Gasteiger partial charge in [0.15, 0.2) is 0 Å². The summed E-state index contributed by atoms with van der Waals surface area (Å²) < 4.78 is 5.43. The standard InChI is InChI=1S/C16H32N2O/c1-15(18-9-11-19-12-10-18)13-17(2)14-16-7-5-3-4-6-8-16/h15-16H,3-14H2,1-2H3. The molecule has 0 amide bonds. The fourth-order valence-corrected chi connectivity index (χ4v) is 3.65. The third-order valence-electron chi connectivity index (χ3n) is 4.79. The fourth-order valence-electron chi connectivity index (χ4n) is 3.65. The highest BCUT2D eigenvalue weighted by molar-refractivity contribution is 4.75. The van der Waals surface area contributed by atoms with Crippen molar-refractivity contribution in [1.82, 2.24) is 9.80 Å². The average molecular weight is 268 g/mol. The highest BCUT2D eigenvalue weighted by Crippen LogP contribution is 2.23. The van der Waals surface area contributed by atoms with Crippen LogP contribution in [0.3, 0.4) is 0 Å². The first kappa shape index (κ1) is 15.3. The minimum absolute atomic E-state index is 0.666. The lowest BCUT2D eigenvalue weighted by Gasteiger charge is -2.35. The van der Waals surface area contributed by atoms with Crippen LogP contribution in [0.25, 0.3) is 0 Å². The van der Waals surface area contributed by atoms with Crippen LogP contribution in [0.15, 0.2) is 0 Å². The summed E-state index contributed by atoms with van der Waals surface area (Å²) in [5.74, 6) is 0.949. The Morgan fingerprint density at radius 1 is 1.11 bits per heavy atom. The zero-order chi connectivity index (χ0) is 13.5. The van der Waals surface area contributed by atoms with E-state index >= 15 is 0 Å². The second-order valence-corrected chi connectivity index (χ2v) is 6.58. The Balaban J connectivity index is 1.68. The number of ether oxygens (including phenoxy) is 1. The average Bonchev–Trinajstić information content (AvgIpc) is 2.68. The molecule has 1 atom stereocenters. The molecule has 1 aliphatic carbocycles. The Kier molecular flexibility index (Phi) is 6.62. The van der Waals surface area contributed by atoms with Crippen LogP contribution in [0, 0.1) is 5.92 Å². The van der Waals surface area contributed by atoms with Crippen molar-refractivity contribution >= 4 is 0 Å². The molecule has 0 aromatic carbocycles. The minimum Gasteiger partial charge on any atom is -0.379 e. The lowest BCUT2D eigenvalue weighted by molar-refractivity contribution is 0.0132. The summed E-state index contributed by atoms with van der Waals surface area (Å²) in [5, 5.41) is 0. The number of rotatable bonds is 5. The Morgan fingerprint density at radius 3 is 2.37 bits per heavy atom. The first-order valence-corrected chi connectivity index (χ1v) is 8.26. The van der Waals surface area contributed by atoms with E-state index in [9.17, 15) is 0 Å². The van der Waals surface area contributed by atoms with Crippen LogP contribution in [0.2, 0.25) is 0 Å². The van der Waals surface area contributed by atoms with E-state index in [4.69, 9.17) is 4.74 Å². The zero-order valence-corrected chi connectivity index (χ0v) is 12.9. The van der Waals surface area contributed by atoms with E-state index < -0.39 is 0 Å². The molecular formula is C16H32N2O. The van der Waals surface area contributed by atoms with Crippen molar-refractivity contribution in [3.05, 3.63) is 0 Å². The van der Waals surface area contributed by atoms with E-state index in [1.807, 2.05) is 0 Å². The van der Waals surface area contributed by atoms with E-state index in [-0.39, 0.29) is 0 Å². The lowest BCUT2D eigenvalue weighted by atomic mass is 10.00. The van der Waals surface area contributed by atoms with E-state index in [2.05, 4.69) is 23.8 Å². The van der Waals surface area contributed by atoms with Gasteiger partial charge in [0.1, 0.15) is 0 Å². The quantitative estimate of drug-likeness (QED) is 0.713. The van der Waals surface area contributed by atoms with Gasteiger partial charge in [-0.05, 0) is 32.7 Å². The second kappa shape index (κ2) is 8.23. The minimum atomic E-state index is 0.666. The second-order valence-electron chi connectivity index (χ2n) is 6.58. The summed E-state index contributed by atoms with van der Waals surface area (Å²) in [5.41, 5.74) is 0. The van der Waals surface area contributed by atoms with Gasteiger partial charge < -0.3 is 9.64 Å². The van der Waals surface area contributed by atoms with Crippen LogP contribution in [-0.4, -0.2) is 62.3 Å². The van der Waals surface area contributed by atoms with Crippen molar-refractivity contribution in [2.45, 2.75) is 51.5 Å². The van der Waals surface area contributed by atoms with Crippen LogP contribution in [-0.2, 0) is 4.74 Å². The third kappa shape index (κ3) is 5.41. The van der Waals surface area contributed by atoms with Crippen LogP contribution in [0.4, 0.5) is 0 Å². The molecule has 0 N–H and O–H groups in total. The molecule has 0 radical (unpaired) electrons. The molecule has 0 bridgehead atoms. The van der Waals surface area contributed by atoms with Crippen LogP contribution < -0.4 is 0 Å². The summed E-state index contributed by atoms with van der Waals surface area (Å²) in [6, 6.07) is 0.666. The lowest BCUT2D eigenvalue weighted by Crippen LogP contribution is -2.47. The maximum atomic E-state index is 5.43. The highest BCUT2D eigenvalue weighted by Gasteiger charge is 2.20. The molecule has 3 nitrogen and oxygen atoms in total. The van der Waals surface area contributed by atoms with Gasteiger partial charge in [-0.2, -0.15) is 0 Å². The molecule has 1 unspecified atom stereocenters. The van der Waals surface area contributed by atoms with Gasteiger partial charge in [-0.25, -0.2) is 0 Å². The zero-order valence-electron chi connectivity index (χ0n) is 12.9. The van der Waals surface area contributed by atoms with Crippen LogP contribution in [0.5, 0.6) is 0 Å². The molecule has 112 valence electrons. The molecule has 19 heavy (non-hydrogen) atoms. The van der Waals surface area contributed by atoms with Gasteiger partial charge in [-0.1, -0.05) is 25.7 Å². The van der Waals surface area contributed by atoms with Crippen molar-refractivity contribution in [2.24, 2.45) is 5.92 Å². The normalized spacial score (nSPS) is 25.4. The van der Waals surface area contributed by atoms with Gasteiger partial charge in [0.25, 0.3) is 0 Å². The largest absolute Gasteiger partial charge is 0.379 e. The molecular weight excluding hydrogens is 236 g/mol. The molecule has 1 heterocycles. The molecule has 1 saturated heterocycles. The molecule has 1 aliphatic heterocycles. The summed E-state index contributed by atoms with van der Waals surface area (Å²) in [7, 11) is 2.31.